The van der Waals surface area contributed by atoms with Gasteiger partial charge in [-0.3, -0.25) is 9.69 Å². The Morgan fingerprint density at radius 2 is 1.48 bits per heavy atom. The van der Waals surface area contributed by atoms with Crippen LogP contribution in [-0.4, -0.2) is 30.4 Å². The standard InChI is InChI=1S/C26H34N2O/c29-26(25-14-12-24(13-15-25)23-6-2-1-3-7-23)27-17-16-21-8-10-22(11-9-21)20-28-18-4-5-19-28/h8-15,23H,1-7,16-20H2,(H,27,29). The molecule has 3 nitrogen and oxygen atoms in total. The van der Waals surface area contributed by atoms with E-state index >= 15 is 0 Å². The van der Waals surface area contributed by atoms with Crippen LogP contribution in [0.4, 0.5) is 0 Å². The Kier molecular flexibility index (Phi) is 7.00. The molecule has 0 bridgehead atoms. The molecule has 2 aromatic carbocycles. The quantitative estimate of drug-likeness (QED) is 0.695. The van der Waals surface area contributed by atoms with Gasteiger partial charge in [-0.2, -0.15) is 0 Å². The first-order valence-corrected chi connectivity index (χ1v) is 11.5. The molecule has 29 heavy (non-hydrogen) atoms. The third kappa shape index (κ3) is 5.70. The van der Waals surface area contributed by atoms with Gasteiger partial charge in [-0.25, -0.2) is 0 Å². The van der Waals surface area contributed by atoms with Gasteiger partial charge >= 0.3 is 0 Å². The van der Waals surface area contributed by atoms with Crippen molar-refractivity contribution in [2.75, 3.05) is 19.6 Å². The van der Waals surface area contributed by atoms with Crippen LogP contribution in [0, 0.1) is 0 Å². The number of benzene rings is 2. The van der Waals surface area contributed by atoms with E-state index in [1.807, 2.05) is 12.1 Å². The fraction of sp³-hybridized carbons (Fsp3) is 0.500. The third-order valence-corrected chi connectivity index (χ3v) is 6.58. The average Bonchev–Trinajstić information content (AvgIpc) is 3.29. The molecule has 1 saturated carbocycles. The first-order valence-electron chi connectivity index (χ1n) is 11.5. The fourth-order valence-electron chi connectivity index (χ4n) is 4.78. The first kappa shape index (κ1) is 20.2. The molecule has 0 unspecified atom stereocenters. The summed E-state index contributed by atoms with van der Waals surface area (Å²) in [6, 6.07) is 17.2. The summed E-state index contributed by atoms with van der Waals surface area (Å²) in [7, 11) is 0. The fourth-order valence-corrected chi connectivity index (χ4v) is 4.78. The van der Waals surface area contributed by atoms with Crippen LogP contribution in [0.25, 0.3) is 0 Å². The van der Waals surface area contributed by atoms with Crippen LogP contribution in [0.2, 0.25) is 0 Å². The average molecular weight is 391 g/mol. The van der Waals surface area contributed by atoms with E-state index in [1.54, 1.807) is 0 Å². The lowest BCUT2D eigenvalue weighted by molar-refractivity contribution is 0.0954. The first-order chi connectivity index (χ1) is 14.3. The maximum absolute atomic E-state index is 12.5. The van der Waals surface area contributed by atoms with Gasteiger partial charge in [0.1, 0.15) is 0 Å². The number of rotatable bonds is 7. The van der Waals surface area contributed by atoms with Crippen molar-refractivity contribution in [2.24, 2.45) is 0 Å². The Morgan fingerprint density at radius 3 is 2.17 bits per heavy atom. The molecular weight excluding hydrogens is 356 g/mol. The van der Waals surface area contributed by atoms with Crippen molar-refractivity contribution in [3.05, 3.63) is 70.8 Å². The van der Waals surface area contributed by atoms with Crippen LogP contribution in [0.5, 0.6) is 0 Å². The number of amides is 1. The minimum Gasteiger partial charge on any atom is -0.352 e. The molecule has 3 heteroatoms. The maximum atomic E-state index is 12.5. The topological polar surface area (TPSA) is 32.3 Å². The smallest absolute Gasteiger partial charge is 0.251 e. The molecule has 2 aromatic rings. The zero-order valence-electron chi connectivity index (χ0n) is 17.5. The van der Waals surface area contributed by atoms with Crippen LogP contribution in [0.3, 0.4) is 0 Å². The highest BCUT2D eigenvalue weighted by molar-refractivity contribution is 5.94. The molecule has 154 valence electrons. The number of carbonyl (C=O) groups is 1. The number of likely N-dealkylation sites (tertiary alicyclic amines) is 1. The molecule has 1 amide bonds. The van der Waals surface area contributed by atoms with E-state index in [0.29, 0.717) is 12.5 Å². The molecule has 0 atom stereocenters. The van der Waals surface area contributed by atoms with Crippen LogP contribution >= 0.6 is 0 Å². The molecule has 2 aliphatic rings. The highest BCUT2D eigenvalue weighted by Crippen LogP contribution is 2.32. The molecule has 0 radical (unpaired) electrons. The van der Waals surface area contributed by atoms with Gasteiger partial charge in [0.2, 0.25) is 0 Å². The largest absolute Gasteiger partial charge is 0.352 e. The minimum absolute atomic E-state index is 0.0332. The van der Waals surface area contributed by atoms with Gasteiger partial charge in [0.25, 0.3) is 5.91 Å². The lowest BCUT2D eigenvalue weighted by atomic mass is 9.84. The van der Waals surface area contributed by atoms with Crippen molar-refractivity contribution >= 4 is 5.91 Å². The molecule has 1 aliphatic carbocycles. The molecular formula is C26H34N2O. The Hall–Kier alpha value is -2.13. The van der Waals surface area contributed by atoms with Crippen molar-refractivity contribution in [2.45, 2.75) is 63.8 Å². The highest BCUT2D eigenvalue weighted by Gasteiger charge is 2.16. The normalized spacial score (nSPS) is 18.1. The van der Waals surface area contributed by atoms with Crippen molar-refractivity contribution in [1.82, 2.24) is 10.2 Å². The van der Waals surface area contributed by atoms with Crippen molar-refractivity contribution in [3.63, 3.8) is 0 Å². The number of hydrogen-bond acceptors (Lipinski definition) is 2. The van der Waals surface area contributed by atoms with Crippen molar-refractivity contribution < 1.29 is 4.79 Å². The van der Waals surface area contributed by atoms with Gasteiger partial charge in [-0.05, 0) is 79.9 Å². The van der Waals surface area contributed by atoms with E-state index in [0.717, 1.165) is 18.5 Å². The molecule has 0 aromatic heterocycles. The molecule has 1 saturated heterocycles. The van der Waals surface area contributed by atoms with E-state index in [-0.39, 0.29) is 5.91 Å². The number of nitrogens with one attached hydrogen (secondary N) is 1. The Balaban J connectivity index is 1.22. The van der Waals surface area contributed by atoms with E-state index in [2.05, 4.69) is 46.6 Å². The summed E-state index contributed by atoms with van der Waals surface area (Å²) in [5.41, 5.74) is 4.83. The number of nitrogens with zero attached hydrogens (tertiary/aromatic N) is 1. The van der Waals surface area contributed by atoms with Gasteiger partial charge in [-0.15, -0.1) is 0 Å². The van der Waals surface area contributed by atoms with Gasteiger partial charge < -0.3 is 5.32 Å². The summed E-state index contributed by atoms with van der Waals surface area (Å²) < 4.78 is 0. The van der Waals surface area contributed by atoms with Crippen molar-refractivity contribution in [1.29, 1.82) is 0 Å². The summed E-state index contributed by atoms with van der Waals surface area (Å²) in [5, 5.41) is 3.07. The lowest BCUT2D eigenvalue weighted by Crippen LogP contribution is -2.25. The van der Waals surface area contributed by atoms with E-state index in [1.165, 1.54) is 74.7 Å². The Labute approximate surface area is 175 Å². The third-order valence-electron chi connectivity index (χ3n) is 6.58. The predicted molar refractivity (Wildman–Crippen MR) is 119 cm³/mol. The minimum atomic E-state index is 0.0332. The van der Waals surface area contributed by atoms with Crippen LogP contribution in [0.1, 0.15) is 77.9 Å². The lowest BCUT2D eigenvalue weighted by Gasteiger charge is -2.22. The van der Waals surface area contributed by atoms with Crippen LogP contribution < -0.4 is 5.32 Å². The summed E-state index contributed by atoms with van der Waals surface area (Å²) in [5.74, 6) is 0.722. The van der Waals surface area contributed by atoms with Crippen molar-refractivity contribution in [3.8, 4) is 0 Å². The van der Waals surface area contributed by atoms with Gasteiger partial charge in [0.05, 0.1) is 0 Å². The van der Waals surface area contributed by atoms with Gasteiger partial charge in [0, 0.05) is 18.7 Å². The molecule has 0 spiro atoms. The molecule has 4 rings (SSSR count). The number of hydrogen-bond donors (Lipinski definition) is 1. The second-order valence-electron chi connectivity index (χ2n) is 8.76. The van der Waals surface area contributed by atoms with E-state index < -0.39 is 0 Å². The molecule has 1 aliphatic heterocycles. The summed E-state index contributed by atoms with van der Waals surface area (Å²) in [6.45, 7) is 4.20. The zero-order valence-corrected chi connectivity index (χ0v) is 17.5. The van der Waals surface area contributed by atoms with Gasteiger partial charge in [-0.1, -0.05) is 55.7 Å². The molecule has 2 fully saturated rings. The second-order valence-corrected chi connectivity index (χ2v) is 8.76. The Morgan fingerprint density at radius 1 is 0.828 bits per heavy atom. The van der Waals surface area contributed by atoms with Crippen LogP contribution in [-0.2, 0) is 13.0 Å². The zero-order chi connectivity index (χ0) is 19.9. The Bertz CT molecular complexity index is 769. The monoisotopic (exact) mass is 390 g/mol. The summed E-state index contributed by atoms with van der Waals surface area (Å²) in [4.78, 5) is 15.0. The van der Waals surface area contributed by atoms with E-state index in [4.69, 9.17) is 0 Å². The van der Waals surface area contributed by atoms with Crippen LogP contribution in [0.15, 0.2) is 48.5 Å². The second kappa shape index (κ2) is 10.1. The molecule has 1 N–H and O–H groups in total. The molecule has 1 heterocycles. The summed E-state index contributed by atoms with van der Waals surface area (Å²) in [6.07, 6.45) is 10.2. The summed E-state index contributed by atoms with van der Waals surface area (Å²) >= 11 is 0. The number of carbonyl (C=O) groups excluding carboxylic acids is 1. The van der Waals surface area contributed by atoms with Gasteiger partial charge in [0.15, 0.2) is 0 Å². The highest BCUT2D eigenvalue weighted by atomic mass is 16.1. The maximum Gasteiger partial charge on any atom is 0.251 e. The SMILES string of the molecule is O=C(NCCc1ccc(CN2CCCC2)cc1)c1ccc(C2CCCCC2)cc1. The predicted octanol–water partition coefficient (Wildman–Crippen LogP) is 5.30. The van der Waals surface area contributed by atoms with E-state index in [9.17, 15) is 4.79 Å².